The van der Waals surface area contributed by atoms with Crippen LogP contribution in [-0.4, -0.2) is 42.2 Å². The van der Waals surface area contributed by atoms with Gasteiger partial charge in [-0.25, -0.2) is 10.2 Å². The number of hydrogen-bond donors (Lipinski definition) is 3. The van der Waals surface area contributed by atoms with Crippen molar-refractivity contribution in [1.29, 1.82) is 0 Å². The maximum atomic E-state index is 12.5. The maximum Gasteiger partial charge on any atom is 0.340 e. The van der Waals surface area contributed by atoms with Crippen molar-refractivity contribution in [2.75, 3.05) is 18.5 Å². The van der Waals surface area contributed by atoms with Crippen molar-refractivity contribution >= 4 is 58.0 Å². The van der Waals surface area contributed by atoms with Crippen LogP contribution in [0, 0.1) is 0 Å². The minimum atomic E-state index is -0.704. The van der Waals surface area contributed by atoms with E-state index in [0.29, 0.717) is 10.7 Å². The smallest absolute Gasteiger partial charge is 0.340 e. The summed E-state index contributed by atoms with van der Waals surface area (Å²) in [4.78, 5) is 24.8. The van der Waals surface area contributed by atoms with Gasteiger partial charge in [-0.05, 0) is 38.0 Å². The first-order valence-corrected chi connectivity index (χ1v) is 10.2. The first-order valence-electron chi connectivity index (χ1n) is 9.05. The molecule has 29 heavy (non-hydrogen) atoms. The second-order valence-electron chi connectivity index (χ2n) is 6.55. The van der Waals surface area contributed by atoms with E-state index in [-0.39, 0.29) is 34.7 Å². The zero-order valence-electron chi connectivity index (χ0n) is 15.9. The van der Waals surface area contributed by atoms with E-state index in [2.05, 4.69) is 22.7 Å². The number of halogens is 2. The van der Waals surface area contributed by atoms with Gasteiger partial charge in [-0.2, -0.15) is 0 Å². The normalized spacial score (nSPS) is 17.1. The number of anilines is 1. The first-order chi connectivity index (χ1) is 13.8. The fourth-order valence-corrected chi connectivity index (χ4v) is 3.13. The number of carbonyl (C=O) groups excluding carboxylic acids is 2. The summed E-state index contributed by atoms with van der Waals surface area (Å²) in [5, 5.41) is 3.55. The van der Waals surface area contributed by atoms with E-state index in [4.69, 9.17) is 44.9 Å². The summed E-state index contributed by atoms with van der Waals surface area (Å²) in [7, 11) is 0. The van der Waals surface area contributed by atoms with Crippen LogP contribution >= 0.6 is 35.4 Å². The second-order valence-corrected chi connectivity index (χ2v) is 7.93. The molecule has 7 nitrogen and oxygen atoms in total. The average molecular weight is 460 g/mol. The Hall–Kier alpha value is -1.71. The third kappa shape index (κ3) is 7.91. The van der Waals surface area contributed by atoms with Gasteiger partial charge in [0.1, 0.15) is 12.7 Å². The fraction of sp³-hybridized carbons (Fsp3) is 0.421. The third-order valence-corrected chi connectivity index (χ3v) is 4.82. The van der Waals surface area contributed by atoms with Gasteiger partial charge in [0.25, 0.3) is 0 Å². The summed E-state index contributed by atoms with van der Waals surface area (Å²) < 4.78 is 10.2. The Morgan fingerprint density at radius 1 is 1.45 bits per heavy atom. The average Bonchev–Trinajstić information content (AvgIpc) is 2.68. The lowest BCUT2D eigenvalue weighted by atomic mass is 10.1. The van der Waals surface area contributed by atoms with Gasteiger partial charge in [0, 0.05) is 17.3 Å². The van der Waals surface area contributed by atoms with Gasteiger partial charge in [-0.15, -0.1) is 0 Å². The fourth-order valence-electron chi connectivity index (χ4n) is 2.59. The molecular formula is C19H23Cl2N3O4S. The Kier molecular flexibility index (Phi) is 9.32. The topological polar surface area (TPSA) is 88.7 Å². The minimum absolute atomic E-state index is 0.0000618. The SMILES string of the molecule is C=C(Cl)COC(=O)CC(C)OC(=O)c1cc(NC(=S)C2CCCNN2)ccc1Cl. The monoisotopic (exact) mass is 459 g/mol. The van der Waals surface area contributed by atoms with Gasteiger partial charge >= 0.3 is 11.9 Å². The van der Waals surface area contributed by atoms with Gasteiger partial charge in [-0.3, -0.25) is 10.2 Å². The third-order valence-electron chi connectivity index (χ3n) is 3.99. The lowest BCUT2D eigenvalue weighted by molar-refractivity contribution is -0.144. The Morgan fingerprint density at radius 3 is 2.86 bits per heavy atom. The van der Waals surface area contributed by atoms with Crippen molar-refractivity contribution in [3.05, 3.63) is 40.4 Å². The van der Waals surface area contributed by atoms with Crippen LogP contribution in [0.25, 0.3) is 0 Å². The summed E-state index contributed by atoms with van der Waals surface area (Å²) in [6, 6.07) is 4.87. The van der Waals surface area contributed by atoms with Crippen LogP contribution < -0.4 is 16.2 Å². The molecule has 0 radical (unpaired) electrons. The van der Waals surface area contributed by atoms with E-state index >= 15 is 0 Å². The molecule has 10 heteroatoms. The molecule has 1 aliphatic rings. The van der Waals surface area contributed by atoms with E-state index in [0.717, 1.165) is 19.4 Å². The number of benzene rings is 1. The van der Waals surface area contributed by atoms with Crippen LogP contribution in [0.4, 0.5) is 5.69 Å². The Bertz CT molecular complexity index is 785. The van der Waals surface area contributed by atoms with Gasteiger partial charge in [-0.1, -0.05) is 42.0 Å². The molecule has 0 amide bonds. The molecule has 2 atom stereocenters. The summed E-state index contributed by atoms with van der Waals surface area (Å²) in [6.07, 6.45) is 1.10. The van der Waals surface area contributed by atoms with E-state index in [1.807, 2.05) is 0 Å². The second kappa shape index (κ2) is 11.5. The minimum Gasteiger partial charge on any atom is -0.460 e. The molecule has 2 unspecified atom stereocenters. The van der Waals surface area contributed by atoms with E-state index < -0.39 is 18.0 Å². The first kappa shape index (κ1) is 23.6. The largest absolute Gasteiger partial charge is 0.460 e. The summed E-state index contributed by atoms with van der Waals surface area (Å²) >= 11 is 17.1. The summed E-state index contributed by atoms with van der Waals surface area (Å²) in [5.74, 6) is -1.20. The number of hydrogen-bond acceptors (Lipinski definition) is 7. The molecule has 0 aliphatic carbocycles. The molecule has 0 aromatic heterocycles. The van der Waals surface area contributed by atoms with Gasteiger partial charge < -0.3 is 14.8 Å². The van der Waals surface area contributed by atoms with Crippen molar-refractivity contribution in [2.24, 2.45) is 0 Å². The highest BCUT2D eigenvalue weighted by Crippen LogP contribution is 2.23. The summed E-state index contributed by atoms with van der Waals surface area (Å²) in [6.45, 7) is 5.81. The molecule has 1 aromatic rings. The van der Waals surface area contributed by atoms with Crippen molar-refractivity contribution in [1.82, 2.24) is 10.9 Å². The van der Waals surface area contributed by atoms with Crippen molar-refractivity contribution in [3.63, 3.8) is 0 Å². The number of thiocarbonyl (C=S) groups is 1. The lowest BCUT2D eigenvalue weighted by Crippen LogP contribution is -2.51. The molecule has 2 rings (SSSR count). The van der Waals surface area contributed by atoms with E-state index in [1.54, 1.807) is 25.1 Å². The van der Waals surface area contributed by atoms with Gasteiger partial charge in [0.2, 0.25) is 0 Å². The van der Waals surface area contributed by atoms with Gasteiger partial charge in [0.15, 0.2) is 0 Å². The molecule has 1 saturated heterocycles. The van der Waals surface area contributed by atoms with E-state index in [9.17, 15) is 9.59 Å². The quantitative estimate of drug-likeness (QED) is 0.401. The number of carbonyl (C=O) groups is 2. The molecule has 0 spiro atoms. The van der Waals surface area contributed by atoms with Crippen molar-refractivity contribution in [2.45, 2.75) is 38.3 Å². The standard InChI is InChI=1S/C19H23Cl2N3O4S/c1-11(20)10-27-17(25)8-12(2)28-19(26)14-9-13(5-6-15(14)21)23-18(29)16-4-3-7-22-24-16/h5-6,9,12,16,22,24H,1,3-4,7-8,10H2,2H3,(H,23,29). The maximum absolute atomic E-state index is 12.5. The number of ether oxygens (including phenoxy) is 2. The van der Waals surface area contributed by atoms with Crippen LogP contribution in [0.1, 0.15) is 36.5 Å². The number of hydrazine groups is 1. The number of esters is 2. The molecule has 0 bridgehead atoms. The molecule has 1 fully saturated rings. The predicted octanol–water partition coefficient (Wildman–Crippen LogP) is 3.57. The van der Waals surface area contributed by atoms with E-state index in [1.165, 1.54) is 0 Å². The van der Waals surface area contributed by atoms with Crippen LogP contribution in [0.2, 0.25) is 5.02 Å². The Morgan fingerprint density at radius 2 is 2.21 bits per heavy atom. The molecule has 1 heterocycles. The highest BCUT2D eigenvalue weighted by Gasteiger charge is 2.21. The predicted molar refractivity (Wildman–Crippen MR) is 117 cm³/mol. The number of rotatable bonds is 8. The summed E-state index contributed by atoms with van der Waals surface area (Å²) in [5.41, 5.74) is 6.98. The highest BCUT2D eigenvalue weighted by molar-refractivity contribution is 7.80. The van der Waals surface area contributed by atoms with Crippen molar-refractivity contribution in [3.8, 4) is 0 Å². The van der Waals surface area contributed by atoms with Gasteiger partial charge in [0.05, 0.1) is 28.0 Å². The van der Waals surface area contributed by atoms with Crippen LogP contribution in [0.5, 0.6) is 0 Å². The molecule has 1 aliphatic heterocycles. The highest BCUT2D eigenvalue weighted by atomic mass is 35.5. The van der Waals surface area contributed by atoms with Crippen LogP contribution in [0.15, 0.2) is 29.8 Å². The Labute approximate surface area is 185 Å². The van der Waals surface area contributed by atoms with Crippen molar-refractivity contribution < 1.29 is 19.1 Å². The Balaban J connectivity index is 1.95. The molecule has 1 aromatic carbocycles. The molecule has 3 N–H and O–H groups in total. The molecule has 0 saturated carbocycles. The van der Waals surface area contributed by atoms with Crippen LogP contribution in [0.3, 0.4) is 0 Å². The number of nitrogens with one attached hydrogen (secondary N) is 3. The molecular weight excluding hydrogens is 437 g/mol. The zero-order chi connectivity index (χ0) is 21.4. The van der Waals surface area contributed by atoms with Crippen LogP contribution in [-0.2, 0) is 14.3 Å². The molecule has 158 valence electrons. The lowest BCUT2D eigenvalue weighted by Gasteiger charge is -2.25. The zero-order valence-corrected chi connectivity index (χ0v) is 18.3.